The molecule has 22 heavy (non-hydrogen) atoms. The highest BCUT2D eigenvalue weighted by molar-refractivity contribution is 5.95. The van der Waals surface area contributed by atoms with E-state index in [9.17, 15) is 9.18 Å². The molecule has 2 N–H and O–H groups in total. The molecule has 5 heteroatoms. The lowest BCUT2D eigenvalue weighted by atomic mass is 9.71. The summed E-state index contributed by atoms with van der Waals surface area (Å²) in [4.78, 5) is 14.5. The lowest BCUT2D eigenvalue weighted by molar-refractivity contribution is -0.121. The number of hydrogen-bond acceptors (Lipinski definition) is 2. The van der Waals surface area contributed by atoms with E-state index in [1.165, 1.54) is 18.6 Å². The number of amides is 1. The van der Waals surface area contributed by atoms with E-state index >= 15 is 0 Å². The fraction of sp³-hybridized carbons (Fsp3) is 0.588. The predicted molar refractivity (Wildman–Crippen MR) is 88.9 cm³/mol. The van der Waals surface area contributed by atoms with Crippen LogP contribution in [0.5, 0.6) is 0 Å². The minimum atomic E-state index is -0.278. The van der Waals surface area contributed by atoms with Crippen LogP contribution in [0, 0.1) is 11.2 Å². The Morgan fingerprint density at radius 2 is 2.00 bits per heavy atom. The third-order valence-electron chi connectivity index (χ3n) is 5.12. The number of nitrogens with two attached hydrogens (primary N) is 1. The minimum Gasteiger partial charge on any atom is -0.330 e. The molecule has 0 spiro atoms. The first-order valence-electron chi connectivity index (χ1n) is 7.92. The molecule has 0 aromatic heterocycles. The molecule has 0 radical (unpaired) electrons. The van der Waals surface area contributed by atoms with Crippen LogP contribution in [0.15, 0.2) is 18.2 Å². The third kappa shape index (κ3) is 3.28. The third-order valence-corrected chi connectivity index (χ3v) is 5.12. The summed E-state index contributed by atoms with van der Waals surface area (Å²) in [7, 11) is 0. The van der Waals surface area contributed by atoms with E-state index in [4.69, 9.17) is 5.73 Å². The molecule has 1 saturated carbocycles. The monoisotopic (exact) mass is 326 g/mol. The van der Waals surface area contributed by atoms with Gasteiger partial charge < -0.3 is 10.6 Å². The van der Waals surface area contributed by atoms with E-state index < -0.39 is 0 Å². The second-order valence-corrected chi connectivity index (χ2v) is 6.51. The van der Waals surface area contributed by atoms with Crippen LogP contribution in [-0.2, 0) is 11.2 Å². The molecule has 1 aromatic carbocycles. The van der Waals surface area contributed by atoms with Crippen molar-refractivity contribution in [1.29, 1.82) is 0 Å². The molecular weight excluding hydrogens is 303 g/mol. The Morgan fingerprint density at radius 1 is 1.27 bits per heavy atom. The molecule has 1 fully saturated rings. The molecule has 1 aromatic rings. The zero-order valence-electron chi connectivity index (χ0n) is 12.8. The number of carbonyl (C=O) groups is 1. The van der Waals surface area contributed by atoms with Crippen molar-refractivity contribution >= 4 is 24.0 Å². The molecule has 0 saturated heterocycles. The van der Waals surface area contributed by atoms with Crippen LogP contribution in [0.3, 0.4) is 0 Å². The second kappa shape index (κ2) is 6.97. The first-order valence-corrected chi connectivity index (χ1v) is 7.92. The van der Waals surface area contributed by atoms with Gasteiger partial charge >= 0.3 is 0 Å². The van der Waals surface area contributed by atoms with Gasteiger partial charge in [-0.15, -0.1) is 12.4 Å². The maximum Gasteiger partial charge on any atom is 0.227 e. The van der Waals surface area contributed by atoms with E-state index in [2.05, 4.69) is 0 Å². The number of anilines is 1. The number of fused-ring (bicyclic) bond motifs is 1. The molecule has 1 heterocycles. The van der Waals surface area contributed by atoms with Crippen molar-refractivity contribution in [2.45, 2.75) is 44.9 Å². The van der Waals surface area contributed by atoms with Gasteiger partial charge in [-0.25, -0.2) is 4.39 Å². The minimum absolute atomic E-state index is 0. The summed E-state index contributed by atoms with van der Waals surface area (Å²) in [6.45, 7) is 1.24. The number of benzene rings is 1. The van der Waals surface area contributed by atoms with E-state index in [0.717, 1.165) is 43.4 Å². The molecule has 3 nitrogen and oxygen atoms in total. The number of nitrogens with zero attached hydrogens (tertiary/aromatic N) is 1. The van der Waals surface area contributed by atoms with Gasteiger partial charge in [-0.2, -0.15) is 0 Å². The van der Waals surface area contributed by atoms with Crippen LogP contribution in [0.2, 0.25) is 0 Å². The average Bonchev–Trinajstić information content (AvgIpc) is 2.91. The zero-order chi connectivity index (χ0) is 14.9. The van der Waals surface area contributed by atoms with E-state index in [-0.39, 0.29) is 29.5 Å². The normalized spacial score (nSPS) is 19.5. The Morgan fingerprint density at radius 3 is 2.68 bits per heavy atom. The van der Waals surface area contributed by atoms with E-state index in [0.29, 0.717) is 19.5 Å². The van der Waals surface area contributed by atoms with Gasteiger partial charge in [0.25, 0.3) is 0 Å². The van der Waals surface area contributed by atoms with Crippen LogP contribution in [0.25, 0.3) is 0 Å². The van der Waals surface area contributed by atoms with Crippen LogP contribution < -0.4 is 10.6 Å². The van der Waals surface area contributed by atoms with E-state index in [1.54, 1.807) is 11.0 Å². The van der Waals surface area contributed by atoms with Crippen molar-refractivity contribution in [2.24, 2.45) is 11.1 Å². The van der Waals surface area contributed by atoms with Crippen molar-refractivity contribution in [3.63, 3.8) is 0 Å². The van der Waals surface area contributed by atoms with Gasteiger partial charge in [0.2, 0.25) is 5.91 Å². The summed E-state index contributed by atoms with van der Waals surface area (Å²) in [5.41, 5.74) is 7.75. The van der Waals surface area contributed by atoms with Crippen molar-refractivity contribution in [1.82, 2.24) is 0 Å². The highest BCUT2D eigenvalue weighted by Crippen LogP contribution is 2.40. The number of halogens is 2. The van der Waals surface area contributed by atoms with Gasteiger partial charge in [0.05, 0.1) is 0 Å². The molecule has 122 valence electrons. The Labute approximate surface area is 137 Å². The van der Waals surface area contributed by atoms with Crippen molar-refractivity contribution < 1.29 is 9.18 Å². The molecule has 3 rings (SSSR count). The summed E-state index contributed by atoms with van der Waals surface area (Å²) in [5.74, 6) is -0.175. The second-order valence-electron chi connectivity index (χ2n) is 6.51. The fourth-order valence-electron chi connectivity index (χ4n) is 3.78. The Hall–Kier alpha value is -1.13. The Bertz CT molecular complexity index is 543. The fourth-order valence-corrected chi connectivity index (χ4v) is 3.78. The van der Waals surface area contributed by atoms with Gasteiger partial charge in [0, 0.05) is 18.7 Å². The predicted octanol–water partition coefficient (Wildman–Crippen LogP) is 3.44. The maximum absolute atomic E-state index is 13.4. The van der Waals surface area contributed by atoms with Crippen LogP contribution >= 0.6 is 12.4 Å². The lowest BCUT2D eigenvalue weighted by Crippen LogP contribution is -2.40. The molecule has 0 atom stereocenters. The summed E-state index contributed by atoms with van der Waals surface area (Å²) in [6.07, 6.45) is 6.97. The number of carbonyl (C=O) groups excluding carboxylic acids is 1. The van der Waals surface area contributed by atoms with Crippen molar-refractivity contribution in [3.8, 4) is 0 Å². The molecule has 1 aliphatic heterocycles. The Kier molecular flexibility index (Phi) is 5.45. The quantitative estimate of drug-likeness (QED) is 0.925. The highest BCUT2D eigenvalue weighted by atomic mass is 35.5. The van der Waals surface area contributed by atoms with Crippen LogP contribution in [0.1, 0.15) is 44.1 Å². The van der Waals surface area contributed by atoms with Gasteiger partial charge in [-0.05, 0) is 48.9 Å². The van der Waals surface area contributed by atoms with E-state index in [1.807, 2.05) is 0 Å². The zero-order valence-corrected chi connectivity index (χ0v) is 13.6. The van der Waals surface area contributed by atoms with Crippen molar-refractivity contribution in [3.05, 3.63) is 29.6 Å². The van der Waals surface area contributed by atoms with Crippen molar-refractivity contribution in [2.75, 3.05) is 18.0 Å². The maximum atomic E-state index is 13.4. The standard InChI is InChI=1S/C17H23FN2O.ClH/c18-14-5-4-13-6-9-20(15(13)10-14)16(21)11-17(12-19)7-2-1-3-8-17;/h4-5,10H,1-3,6-9,11-12,19H2;1H. The molecular formula is C17H24ClFN2O. The van der Waals surface area contributed by atoms with Gasteiger partial charge in [0.15, 0.2) is 0 Å². The van der Waals surface area contributed by atoms with Gasteiger partial charge in [-0.1, -0.05) is 25.3 Å². The molecule has 1 amide bonds. The smallest absolute Gasteiger partial charge is 0.227 e. The molecule has 2 aliphatic rings. The lowest BCUT2D eigenvalue weighted by Gasteiger charge is -2.36. The number of rotatable bonds is 3. The SMILES string of the molecule is Cl.NCC1(CC(=O)N2CCc3ccc(F)cc32)CCCCC1. The summed E-state index contributed by atoms with van der Waals surface area (Å²) in [5, 5.41) is 0. The average molecular weight is 327 g/mol. The Balaban J connectivity index is 0.00000176. The first-order chi connectivity index (χ1) is 10.1. The molecule has 1 aliphatic carbocycles. The largest absolute Gasteiger partial charge is 0.330 e. The number of hydrogen-bond donors (Lipinski definition) is 1. The van der Waals surface area contributed by atoms with Gasteiger partial charge in [0.1, 0.15) is 5.82 Å². The highest BCUT2D eigenvalue weighted by Gasteiger charge is 2.36. The summed E-state index contributed by atoms with van der Waals surface area (Å²) in [6, 6.07) is 4.74. The van der Waals surface area contributed by atoms with Crippen LogP contribution in [0.4, 0.5) is 10.1 Å². The van der Waals surface area contributed by atoms with Crippen LogP contribution in [-0.4, -0.2) is 19.0 Å². The topological polar surface area (TPSA) is 46.3 Å². The molecule has 0 bridgehead atoms. The molecule has 0 unspecified atom stereocenters. The summed E-state index contributed by atoms with van der Waals surface area (Å²) >= 11 is 0. The van der Waals surface area contributed by atoms with Gasteiger partial charge in [-0.3, -0.25) is 4.79 Å². The summed E-state index contributed by atoms with van der Waals surface area (Å²) < 4.78 is 13.4. The first kappa shape index (κ1) is 17.2.